The highest BCUT2D eigenvalue weighted by Crippen LogP contribution is 2.35. The van der Waals surface area contributed by atoms with Crippen molar-refractivity contribution in [1.29, 1.82) is 5.41 Å². The van der Waals surface area contributed by atoms with Gasteiger partial charge in [0.1, 0.15) is 0 Å². The summed E-state index contributed by atoms with van der Waals surface area (Å²) in [6, 6.07) is 16.0. The lowest BCUT2D eigenvalue weighted by molar-refractivity contribution is -0.384. The first-order chi connectivity index (χ1) is 12.1. The van der Waals surface area contributed by atoms with Gasteiger partial charge in [-0.3, -0.25) is 15.5 Å². The van der Waals surface area contributed by atoms with E-state index < -0.39 is 4.92 Å². The van der Waals surface area contributed by atoms with Crippen LogP contribution >= 0.6 is 12.4 Å². The average Bonchev–Trinajstić information content (AvgIpc) is 3.03. The van der Waals surface area contributed by atoms with Gasteiger partial charge in [0.05, 0.1) is 4.92 Å². The van der Waals surface area contributed by atoms with Gasteiger partial charge in [-0.2, -0.15) is 0 Å². The van der Waals surface area contributed by atoms with Crippen LogP contribution in [0.4, 0.5) is 17.1 Å². The molecule has 3 N–H and O–H groups in total. The maximum atomic E-state index is 10.7. The SMILES string of the molecule is Cl.N=C(Nc1ccc([N+](=O)[O-])cc1)Nc1ccc2c3c(cccc13)C=C2. The largest absolute Gasteiger partial charge is 0.326 e. The fourth-order valence-electron chi connectivity index (χ4n) is 3.01. The predicted octanol–water partition coefficient (Wildman–Crippen LogP) is 5.11. The number of halogens is 1. The molecule has 0 amide bonds. The topological polar surface area (TPSA) is 91.0 Å². The van der Waals surface area contributed by atoms with Crippen molar-refractivity contribution in [2.24, 2.45) is 0 Å². The molecule has 0 radical (unpaired) electrons. The second kappa shape index (κ2) is 6.85. The lowest BCUT2D eigenvalue weighted by Crippen LogP contribution is -2.20. The predicted molar refractivity (Wildman–Crippen MR) is 108 cm³/mol. The summed E-state index contributed by atoms with van der Waals surface area (Å²) < 4.78 is 0. The monoisotopic (exact) mass is 366 g/mol. The minimum Gasteiger partial charge on any atom is -0.326 e. The number of benzene rings is 3. The molecule has 3 aromatic rings. The summed E-state index contributed by atoms with van der Waals surface area (Å²) in [5.74, 6) is 0.0977. The van der Waals surface area contributed by atoms with Crippen molar-refractivity contribution in [1.82, 2.24) is 0 Å². The highest BCUT2D eigenvalue weighted by Gasteiger charge is 2.12. The summed E-state index contributed by atoms with van der Waals surface area (Å²) in [4.78, 5) is 10.2. The van der Waals surface area contributed by atoms with Crippen LogP contribution in [0, 0.1) is 15.5 Å². The van der Waals surface area contributed by atoms with Gasteiger partial charge >= 0.3 is 0 Å². The molecule has 0 aliphatic heterocycles. The molecular formula is C19H15ClN4O2. The van der Waals surface area contributed by atoms with Crippen LogP contribution in [0.15, 0.2) is 54.6 Å². The highest BCUT2D eigenvalue weighted by molar-refractivity contribution is 6.13. The standard InChI is InChI=1S/C19H14N4O2.ClH/c20-19(21-14-7-9-15(10-8-14)23(24)25)22-17-11-6-13-5-4-12-2-1-3-16(17)18(12)13;/h1-11H,(H3,20,21,22);1H. The number of nitro benzene ring substituents is 1. The molecule has 0 bridgehead atoms. The smallest absolute Gasteiger partial charge is 0.269 e. The van der Waals surface area contributed by atoms with Crippen molar-refractivity contribution in [3.8, 4) is 0 Å². The number of guanidine groups is 1. The van der Waals surface area contributed by atoms with Gasteiger partial charge in [0, 0.05) is 28.9 Å². The Morgan fingerprint density at radius 1 is 0.923 bits per heavy atom. The van der Waals surface area contributed by atoms with Crippen molar-refractivity contribution in [2.75, 3.05) is 10.6 Å². The van der Waals surface area contributed by atoms with Gasteiger partial charge in [-0.25, -0.2) is 0 Å². The molecule has 1 aliphatic carbocycles. The van der Waals surface area contributed by atoms with E-state index in [2.05, 4.69) is 28.9 Å². The third-order valence-electron chi connectivity index (χ3n) is 4.15. The summed E-state index contributed by atoms with van der Waals surface area (Å²) in [5, 5.41) is 27.0. The van der Waals surface area contributed by atoms with Gasteiger partial charge in [-0.1, -0.05) is 36.4 Å². The molecule has 130 valence electrons. The molecule has 0 unspecified atom stereocenters. The normalized spacial score (nSPS) is 11.1. The summed E-state index contributed by atoms with van der Waals surface area (Å²) in [5.41, 5.74) is 3.81. The molecule has 0 heterocycles. The molecule has 7 heteroatoms. The Bertz CT molecular complexity index is 1030. The molecule has 0 aromatic heterocycles. The van der Waals surface area contributed by atoms with Gasteiger partial charge in [0.15, 0.2) is 5.96 Å². The van der Waals surface area contributed by atoms with E-state index in [1.165, 1.54) is 28.6 Å². The van der Waals surface area contributed by atoms with Crippen molar-refractivity contribution in [3.05, 3.63) is 75.8 Å². The first-order valence-corrected chi connectivity index (χ1v) is 7.73. The fourth-order valence-corrected chi connectivity index (χ4v) is 3.01. The van der Waals surface area contributed by atoms with E-state index in [-0.39, 0.29) is 24.1 Å². The van der Waals surface area contributed by atoms with Gasteiger partial charge in [-0.05, 0) is 34.7 Å². The Labute approximate surface area is 155 Å². The molecule has 0 fully saturated rings. The molecule has 0 saturated heterocycles. The molecule has 6 nitrogen and oxygen atoms in total. The molecular weight excluding hydrogens is 352 g/mol. The molecule has 1 aliphatic rings. The second-order valence-electron chi connectivity index (χ2n) is 5.73. The van der Waals surface area contributed by atoms with Crippen LogP contribution in [0.1, 0.15) is 11.1 Å². The molecule has 4 rings (SSSR count). The third-order valence-corrected chi connectivity index (χ3v) is 4.15. The lowest BCUT2D eigenvalue weighted by Gasteiger charge is -2.13. The van der Waals surface area contributed by atoms with E-state index in [9.17, 15) is 10.1 Å². The summed E-state index contributed by atoms with van der Waals surface area (Å²) in [6.45, 7) is 0. The Morgan fingerprint density at radius 2 is 1.62 bits per heavy atom. The molecule has 0 atom stereocenters. The van der Waals surface area contributed by atoms with Crippen LogP contribution in [0.3, 0.4) is 0 Å². The molecule has 3 aromatic carbocycles. The molecule has 0 spiro atoms. The van der Waals surface area contributed by atoms with Crippen molar-refractivity contribution in [3.63, 3.8) is 0 Å². The van der Waals surface area contributed by atoms with Gasteiger partial charge in [0.25, 0.3) is 5.69 Å². The summed E-state index contributed by atoms with van der Waals surface area (Å²) in [7, 11) is 0. The van der Waals surface area contributed by atoms with Crippen LogP contribution in [-0.2, 0) is 0 Å². The average molecular weight is 367 g/mol. The van der Waals surface area contributed by atoms with Crippen molar-refractivity contribution < 1.29 is 4.92 Å². The Balaban J connectivity index is 0.00000196. The van der Waals surface area contributed by atoms with E-state index >= 15 is 0 Å². The number of non-ortho nitro benzene ring substituents is 1. The van der Waals surface area contributed by atoms with Crippen LogP contribution in [-0.4, -0.2) is 10.9 Å². The summed E-state index contributed by atoms with van der Waals surface area (Å²) in [6.07, 6.45) is 4.17. The van der Waals surface area contributed by atoms with Gasteiger partial charge in [0.2, 0.25) is 0 Å². The maximum absolute atomic E-state index is 10.7. The quantitative estimate of drug-likeness (QED) is 0.203. The number of anilines is 2. The number of rotatable bonds is 3. The van der Waals surface area contributed by atoms with E-state index in [4.69, 9.17) is 5.41 Å². The zero-order valence-corrected chi connectivity index (χ0v) is 14.3. The molecule has 26 heavy (non-hydrogen) atoms. The first kappa shape index (κ1) is 17.4. The van der Waals surface area contributed by atoms with E-state index in [1.54, 1.807) is 12.1 Å². The van der Waals surface area contributed by atoms with E-state index in [0.29, 0.717) is 5.69 Å². The number of nitrogens with one attached hydrogen (secondary N) is 3. The van der Waals surface area contributed by atoms with Gasteiger partial charge in [-0.15, -0.1) is 12.4 Å². The summed E-state index contributed by atoms with van der Waals surface area (Å²) >= 11 is 0. The fraction of sp³-hybridized carbons (Fsp3) is 0. The second-order valence-corrected chi connectivity index (χ2v) is 5.73. The minimum absolute atomic E-state index is 0. The minimum atomic E-state index is -0.450. The third kappa shape index (κ3) is 3.10. The lowest BCUT2D eigenvalue weighted by atomic mass is 10.0. The Hall–Kier alpha value is -3.38. The van der Waals surface area contributed by atoms with E-state index in [0.717, 1.165) is 11.1 Å². The number of hydrogen-bond acceptors (Lipinski definition) is 3. The van der Waals surface area contributed by atoms with Crippen molar-refractivity contribution in [2.45, 2.75) is 0 Å². The van der Waals surface area contributed by atoms with Crippen LogP contribution in [0.25, 0.3) is 22.9 Å². The van der Waals surface area contributed by atoms with Gasteiger partial charge < -0.3 is 10.6 Å². The van der Waals surface area contributed by atoms with Crippen LogP contribution < -0.4 is 10.6 Å². The van der Waals surface area contributed by atoms with Crippen LogP contribution in [0.5, 0.6) is 0 Å². The highest BCUT2D eigenvalue weighted by atomic mass is 35.5. The van der Waals surface area contributed by atoms with E-state index in [1.807, 2.05) is 24.3 Å². The number of nitrogens with zero attached hydrogens (tertiary/aromatic N) is 1. The molecule has 0 saturated carbocycles. The number of nitro groups is 1. The zero-order chi connectivity index (χ0) is 17.4. The Kier molecular flexibility index (Phi) is 4.60. The van der Waals surface area contributed by atoms with Crippen LogP contribution in [0.2, 0.25) is 0 Å². The number of hydrogen-bond donors (Lipinski definition) is 3. The Morgan fingerprint density at radius 3 is 2.31 bits per heavy atom. The van der Waals surface area contributed by atoms with Crippen molar-refractivity contribution >= 4 is 58.4 Å². The first-order valence-electron chi connectivity index (χ1n) is 7.73. The maximum Gasteiger partial charge on any atom is 0.269 e. The zero-order valence-electron chi connectivity index (χ0n) is 13.5.